The first kappa shape index (κ1) is 19.3. The Kier molecular flexibility index (Phi) is 5.67. The molecule has 3 heterocycles. The molecule has 0 radical (unpaired) electrons. The van der Waals surface area contributed by atoms with Crippen LogP contribution in [0.4, 0.5) is 4.79 Å². The fourth-order valence-electron chi connectivity index (χ4n) is 3.82. The van der Waals surface area contributed by atoms with Crippen LogP contribution in [0, 0.1) is 0 Å². The number of carbonyl (C=O) groups is 2. The van der Waals surface area contributed by atoms with E-state index < -0.39 is 34.4 Å². The van der Waals surface area contributed by atoms with Crippen molar-refractivity contribution in [2.45, 2.75) is 56.7 Å². The van der Waals surface area contributed by atoms with Crippen molar-refractivity contribution in [2.75, 3.05) is 19.6 Å². The monoisotopic (exact) mass is 392 g/mol. The smallest absolute Gasteiger partial charge is 0.312 e. The molecule has 11 nitrogen and oxygen atoms in total. The number of nitrogens with one attached hydrogen (secondary N) is 1. The molecular formula is C14H24N4O7S. The molecule has 3 rings (SSSR count). The van der Waals surface area contributed by atoms with E-state index in [9.17, 15) is 23.2 Å². The average molecular weight is 392 g/mol. The van der Waals surface area contributed by atoms with Crippen molar-refractivity contribution in [1.29, 1.82) is 0 Å². The second kappa shape index (κ2) is 7.64. The molecule has 3 amide bonds. The number of amides is 3. The van der Waals surface area contributed by atoms with Crippen LogP contribution < -0.4 is 5.32 Å². The van der Waals surface area contributed by atoms with Crippen LogP contribution in [0.1, 0.15) is 38.5 Å². The van der Waals surface area contributed by atoms with E-state index in [0.29, 0.717) is 16.5 Å². The molecule has 3 fully saturated rings. The van der Waals surface area contributed by atoms with E-state index in [1.807, 2.05) is 0 Å². The maximum Gasteiger partial charge on any atom is 0.418 e. The lowest BCUT2D eigenvalue weighted by molar-refractivity contribution is -0.172. The van der Waals surface area contributed by atoms with Gasteiger partial charge in [0.25, 0.3) is 5.91 Å². The van der Waals surface area contributed by atoms with Gasteiger partial charge < -0.3 is 10.2 Å². The molecule has 0 spiro atoms. The minimum absolute atomic E-state index is 0.00330. The Labute approximate surface area is 151 Å². The first-order chi connectivity index (χ1) is 12.3. The molecule has 3 aliphatic rings. The van der Waals surface area contributed by atoms with Crippen LogP contribution in [-0.2, 0) is 19.5 Å². The number of hydrogen-bond donors (Lipinski definition) is 3. The SMILES string of the molecule is O=C(C1CCC2CN1C(=O)N2OS(=O)(=O)O)N(O)C[C@H]1CCCCCN1. The summed E-state index contributed by atoms with van der Waals surface area (Å²) in [4.78, 5) is 26.1. The summed E-state index contributed by atoms with van der Waals surface area (Å²) in [6.45, 7) is 1.07. The highest BCUT2D eigenvalue weighted by Crippen LogP contribution is 2.31. The maximum absolute atomic E-state index is 12.6. The van der Waals surface area contributed by atoms with Crippen molar-refractivity contribution in [3.8, 4) is 0 Å². The summed E-state index contributed by atoms with van der Waals surface area (Å²) in [6.07, 6.45) is 4.65. The highest BCUT2D eigenvalue weighted by molar-refractivity contribution is 7.80. The van der Waals surface area contributed by atoms with Gasteiger partial charge in [-0.05, 0) is 32.2 Å². The van der Waals surface area contributed by atoms with Crippen molar-refractivity contribution in [3.63, 3.8) is 0 Å². The summed E-state index contributed by atoms with van der Waals surface area (Å²) >= 11 is 0. The molecule has 26 heavy (non-hydrogen) atoms. The molecule has 2 bridgehead atoms. The largest absolute Gasteiger partial charge is 0.418 e. The van der Waals surface area contributed by atoms with Crippen molar-refractivity contribution in [1.82, 2.24) is 20.3 Å². The summed E-state index contributed by atoms with van der Waals surface area (Å²) in [5.41, 5.74) is 0. The lowest BCUT2D eigenvalue weighted by Gasteiger charge is -2.32. The van der Waals surface area contributed by atoms with Crippen molar-refractivity contribution in [3.05, 3.63) is 0 Å². The first-order valence-corrected chi connectivity index (χ1v) is 10.1. The summed E-state index contributed by atoms with van der Waals surface area (Å²) in [5.74, 6) is -0.600. The quantitative estimate of drug-likeness (QED) is 0.330. The molecule has 0 saturated carbocycles. The summed E-state index contributed by atoms with van der Waals surface area (Å²) in [5, 5.41) is 14.7. The highest BCUT2D eigenvalue weighted by atomic mass is 32.3. The Morgan fingerprint density at radius 1 is 1.27 bits per heavy atom. The summed E-state index contributed by atoms with van der Waals surface area (Å²) < 4.78 is 34.9. The lowest BCUT2D eigenvalue weighted by atomic mass is 10.00. The highest BCUT2D eigenvalue weighted by Gasteiger charge is 2.50. The van der Waals surface area contributed by atoms with Crippen LogP contribution in [0.5, 0.6) is 0 Å². The van der Waals surface area contributed by atoms with Gasteiger partial charge in [-0.25, -0.2) is 9.86 Å². The van der Waals surface area contributed by atoms with Gasteiger partial charge in [-0.15, -0.1) is 4.28 Å². The number of rotatable bonds is 5. The van der Waals surface area contributed by atoms with Gasteiger partial charge in [-0.1, -0.05) is 12.8 Å². The van der Waals surface area contributed by atoms with Crippen molar-refractivity contribution >= 4 is 22.3 Å². The summed E-state index contributed by atoms with van der Waals surface area (Å²) in [6, 6.07) is -2.27. The number of fused-ring (bicyclic) bond motifs is 2. The van der Waals surface area contributed by atoms with E-state index in [2.05, 4.69) is 9.60 Å². The Hall–Kier alpha value is -1.47. The zero-order valence-electron chi connectivity index (χ0n) is 14.3. The number of hydrogen-bond acceptors (Lipinski definition) is 7. The molecule has 0 aromatic heterocycles. The molecule has 0 aliphatic carbocycles. The second-order valence-corrected chi connectivity index (χ2v) is 7.94. The number of urea groups is 1. The van der Waals surface area contributed by atoms with Gasteiger partial charge in [0.05, 0.1) is 12.6 Å². The van der Waals surface area contributed by atoms with Gasteiger partial charge in [0.2, 0.25) is 0 Å². The van der Waals surface area contributed by atoms with Crippen LogP contribution >= 0.6 is 0 Å². The van der Waals surface area contributed by atoms with E-state index in [1.54, 1.807) is 0 Å². The minimum Gasteiger partial charge on any atom is -0.312 e. The zero-order valence-corrected chi connectivity index (χ0v) is 15.1. The van der Waals surface area contributed by atoms with Gasteiger partial charge in [0.15, 0.2) is 0 Å². The third-order valence-corrected chi connectivity index (χ3v) is 5.44. The number of nitrogens with zero attached hydrogens (tertiary/aromatic N) is 3. The Morgan fingerprint density at radius 2 is 2.04 bits per heavy atom. The van der Waals surface area contributed by atoms with Gasteiger partial charge in [0.1, 0.15) is 6.04 Å². The second-order valence-electron chi connectivity index (χ2n) is 6.93. The Bertz CT molecular complexity index is 650. The van der Waals surface area contributed by atoms with Crippen LogP contribution in [0.3, 0.4) is 0 Å². The number of hydroxylamine groups is 4. The zero-order chi connectivity index (χ0) is 18.9. The number of carbonyl (C=O) groups excluding carboxylic acids is 2. The third kappa shape index (κ3) is 4.26. The molecular weight excluding hydrogens is 368 g/mol. The van der Waals surface area contributed by atoms with Gasteiger partial charge >= 0.3 is 16.4 Å². The predicted molar refractivity (Wildman–Crippen MR) is 87.1 cm³/mol. The predicted octanol–water partition coefficient (Wildman–Crippen LogP) is -0.261. The topological polar surface area (TPSA) is 140 Å². The standard InChI is InChI=1S/C14H24N4O7S/c19-13(17(21)8-10-4-2-1-3-7-15-10)12-6-5-11-9-16(12)14(20)18(11)25-26(22,23)24/h10-12,15,21H,1-9H2,(H,22,23,24)/t10-,11?,12?/m1/s1. The molecule has 2 unspecified atom stereocenters. The molecule has 3 N–H and O–H groups in total. The van der Waals surface area contributed by atoms with Crippen LogP contribution in [0.25, 0.3) is 0 Å². The van der Waals surface area contributed by atoms with Gasteiger partial charge in [-0.2, -0.15) is 13.5 Å². The fraction of sp³-hybridized carbons (Fsp3) is 0.857. The van der Waals surface area contributed by atoms with E-state index in [1.165, 1.54) is 4.90 Å². The molecule has 0 aromatic carbocycles. The van der Waals surface area contributed by atoms with Crippen LogP contribution in [0.15, 0.2) is 0 Å². The van der Waals surface area contributed by atoms with Crippen molar-refractivity contribution < 1.29 is 32.1 Å². The first-order valence-electron chi connectivity index (χ1n) is 8.77. The maximum atomic E-state index is 12.6. The normalized spacial score (nSPS) is 29.6. The average Bonchev–Trinajstić information content (AvgIpc) is 2.77. The Balaban J connectivity index is 1.62. The van der Waals surface area contributed by atoms with Crippen LogP contribution in [-0.4, -0.2) is 82.9 Å². The Morgan fingerprint density at radius 3 is 2.77 bits per heavy atom. The molecule has 12 heteroatoms. The van der Waals surface area contributed by atoms with Gasteiger partial charge in [0, 0.05) is 12.6 Å². The molecule has 3 aliphatic heterocycles. The van der Waals surface area contributed by atoms with Gasteiger partial charge in [-0.3, -0.25) is 14.6 Å². The van der Waals surface area contributed by atoms with E-state index in [-0.39, 0.29) is 25.6 Å². The van der Waals surface area contributed by atoms with E-state index >= 15 is 0 Å². The molecule has 3 saturated heterocycles. The van der Waals surface area contributed by atoms with Crippen LogP contribution in [0.2, 0.25) is 0 Å². The number of piperidine rings is 1. The molecule has 0 aromatic rings. The van der Waals surface area contributed by atoms with E-state index in [4.69, 9.17) is 4.55 Å². The lowest BCUT2D eigenvalue weighted by Crippen LogP contribution is -2.52. The summed E-state index contributed by atoms with van der Waals surface area (Å²) in [7, 11) is -4.83. The molecule has 3 atom stereocenters. The fourth-order valence-corrected chi connectivity index (χ4v) is 4.20. The van der Waals surface area contributed by atoms with E-state index in [0.717, 1.165) is 32.2 Å². The third-order valence-electron chi connectivity index (χ3n) is 5.09. The minimum atomic E-state index is -4.83. The van der Waals surface area contributed by atoms with Crippen molar-refractivity contribution in [2.24, 2.45) is 0 Å². The molecule has 148 valence electrons.